The first-order valence-corrected chi connectivity index (χ1v) is 27.0. The van der Waals surface area contributed by atoms with Crippen molar-refractivity contribution in [3.05, 3.63) is 68.2 Å². The molecule has 4 heterocycles. The summed E-state index contributed by atoms with van der Waals surface area (Å²) < 4.78 is 71.0. The molecule has 29 heteroatoms. The summed E-state index contributed by atoms with van der Waals surface area (Å²) in [5.74, 6) is -5.69. The fourth-order valence-electron chi connectivity index (χ4n) is 9.69. The van der Waals surface area contributed by atoms with Crippen molar-refractivity contribution in [2.75, 3.05) is 50.3 Å². The third kappa shape index (κ3) is 15.8. The van der Waals surface area contributed by atoms with Crippen LogP contribution in [0.2, 0.25) is 20.1 Å². The quantitative estimate of drug-likeness (QED) is 0.0606. The Kier molecular flexibility index (Phi) is 24.5. The number of imidazole rings is 1. The van der Waals surface area contributed by atoms with E-state index in [1.54, 1.807) is 12.1 Å². The summed E-state index contributed by atoms with van der Waals surface area (Å²) in [7, 11) is 2.15. The van der Waals surface area contributed by atoms with Crippen molar-refractivity contribution in [3.8, 4) is 0 Å². The van der Waals surface area contributed by atoms with Gasteiger partial charge in [-0.3, -0.25) is 28.8 Å². The molecule has 0 radical (unpaired) electrons. The highest BCUT2D eigenvalue weighted by molar-refractivity contribution is 6.43. The number of carbonyl (C=O) groups is 8. The molecule has 6 rings (SSSR count). The zero-order valence-corrected chi connectivity index (χ0v) is 50.1. The third-order valence-corrected chi connectivity index (χ3v) is 14.2. The van der Waals surface area contributed by atoms with Crippen LogP contribution in [0.15, 0.2) is 42.2 Å². The molecule has 450 valence electrons. The largest absolute Gasteiger partial charge is 1.00 e. The second kappa shape index (κ2) is 30.0. The third-order valence-electron chi connectivity index (χ3n) is 12.7. The number of allylic oxidation sites excluding steroid dienone is 2. The minimum atomic E-state index is -1.68. The molecule has 2 fully saturated rings. The van der Waals surface area contributed by atoms with Gasteiger partial charge in [0.15, 0.2) is 72.4 Å². The van der Waals surface area contributed by atoms with Crippen molar-refractivity contribution < 1.29 is 112 Å². The molecule has 1 aromatic heterocycles. The van der Waals surface area contributed by atoms with Gasteiger partial charge in [0.1, 0.15) is 5.82 Å². The van der Waals surface area contributed by atoms with Gasteiger partial charge in [0.2, 0.25) is 0 Å². The molecular weight excluding hydrogens is 1190 g/mol. The maximum atomic E-state index is 13.1. The van der Waals surface area contributed by atoms with Crippen molar-refractivity contribution >= 4 is 123 Å². The number of esters is 8. The summed E-state index contributed by atoms with van der Waals surface area (Å²) in [6, 6.07) is 6.99. The van der Waals surface area contributed by atoms with Crippen LogP contribution in [0.5, 0.6) is 0 Å². The van der Waals surface area contributed by atoms with Crippen LogP contribution in [-0.4, -0.2) is 154 Å². The molecule has 0 spiro atoms. The highest BCUT2D eigenvalue weighted by atomic mass is 35.5. The molecule has 3 aliphatic heterocycles. The number of benzene rings is 2. The number of nitrogens with zero attached hydrogens (tertiary/aromatic N) is 4. The zero-order valence-electron chi connectivity index (χ0n) is 46.3. The van der Waals surface area contributed by atoms with Crippen molar-refractivity contribution in [2.24, 2.45) is 0 Å². The average Bonchev–Trinajstić information content (AvgIpc) is 3.91. The van der Waals surface area contributed by atoms with E-state index in [9.17, 15) is 38.4 Å². The number of methoxy groups -OCH3 is 2. The molecular formula is C53H63Cl5N4O20. The molecule has 4 unspecified atom stereocenters. The first-order chi connectivity index (χ1) is 38.4. The van der Waals surface area contributed by atoms with Gasteiger partial charge in [-0.2, -0.15) is 0 Å². The van der Waals surface area contributed by atoms with E-state index in [1.165, 1.54) is 0 Å². The minimum absolute atomic E-state index is 0. The Bertz CT molecular complexity index is 2760. The van der Waals surface area contributed by atoms with Crippen molar-refractivity contribution in [2.45, 2.75) is 143 Å². The van der Waals surface area contributed by atoms with Crippen LogP contribution in [0.25, 0.3) is 17.1 Å². The smallest absolute Gasteiger partial charge is 0.339 e. The topological polar surface area (TPSA) is 263 Å². The Morgan fingerprint density at radius 3 is 1.37 bits per heavy atom. The van der Waals surface area contributed by atoms with E-state index in [2.05, 4.69) is 9.80 Å². The van der Waals surface area contributed by atoms with Gasteiger partial charge >= 0.3 is 47.8 Å². The van der Waals surface area contributed by atoms with Crippen LogP contribution < -0.4 is 26.8 Å². The highest BCUT2D eigenvalue weighted by Crippen LogP contribution is 2.45. The molecule has 0 aliphatic carbocycles. The van der Waals surface area contributed by atoms with Crippen LogP contribution in [0.3, 0.4) is 0 Å². The number of aromatic nitrogens is 2. The average molecular weight is 1250 g/mol. The number of carbonyl (C=O) groups excluding carboxylic acids is 8. The lowest BCUT2D eigenvalue weighted by atomic mass is 9.97. The predicted molar refractivity (Wildman–Crippen MR) is 288 cm³/mol. The van der Waals surface area contributed by atoms with E-state index in [0.29, 0.717) is 40.0 Å². The Hall–Kier alpha value is -5.96. The maximum absolute atomic E-state index is 13.1. The second-order valence-electron chi connectivity index (χ2n) is 18.3. The van der Waals surface area contributed by atoms with Crippen LogP contribution >= 0.6 is 46.4 Å². The summed E-state index contributed by atoms with van der Waals surface area (Å²) in [6.07, 6.45) is -9.84. The molecule has 2 saturated heterocycles. The number of anilines is 2. The van der Waals surface area contributed by atoms with Crippen LogP contribution in [0, 0.1) is 0 Å². The summed E-state index contributed by atoms with van der Waals surface area (Å²) >= 11 is 26.5. The van der Waals surface area contributed by atoms with Gasteiger partial charge in [0, 0.05) is 85.7 Å². The van der Waals surface area contributed by atoms with Crippen LogP contribution in [-0.2, 0) is 108 Å². The zero-order chi connectivity index (χ0) is 59.6. The first kappa shape index (κ1) is 66.8. The lowest BCUT2D eigenvalue weighted by Crippen LogP contribution is -3.00. The standard InChI is InChI=1S/C53H63Cl4N4O20.ClH/c1-11-58-36-22-32(54)33(55)23-37(36)59(12-2)40(58)16-13-17-41-60(18-14-20-72-52-48(78-30(7)66)44(76-28(5)64)42(74-26(3)62)46(80-52)50(68)70-9)38-24-34(56)35(57)25-39(38)61(41)19-15-21-73-53-49(79-31(8)67)45(77-29(6)65)43(75-27(4)63)47(81-53)51(69)71-10;/h13,16-17,22-25,42-49,52-53H,11-12,14-15,18-21H2,1-10H3;1H/q+1;/p-1/t42-,43+,44-,45?,46?,47?,48?,49+,52+,53-;/m0./s1. The van der Waals surface area contributed by atoms with Gasteiger partial charge in [0.25, 0.3) is 5.82 Å². The van der Waals surface area contributed by atoms with Gasteiger partial charge in [-0.25, -0.2) is 18.7 Å². The van der Waals surface area contributed by atoms with Gasteiger partial charge < -0.3 is 79.0 Å². The lowest BCUT2D eigenvalue weighted by molar-refractivity contribution is -0.674. The predicted octanol–water partition coefficient (Wildman–Crippen LogP) is 2.97. The Morgan fingerprint density at radius 2 is 0.951 bits per heavy atom. The normalized spacial score (nSPS) is 23.1. The van der Waals surface area contributed by atoms with Gasteiger partial charge in [-0.1, -0.05) is 52.5 Å². The van der Waals surface area contributed by atoms with Crippen LogP contribution in [0.4, 0.5) is 11.4 Å². The Labute approximate surface area is 498 Å². The van der Waals surface area contributed by atoms with Crippen molar-refractivity contribution in [1.29, 1.82) is 0 Å². The van der Waals surface area contributed by atoms with Gasteiger partial charge in [-0.15, -0.1) is 0 Å². The SMILES string of the molecule is CCN1C(=CC=Cc2n(CCCO[C@@H]3OC(C(=O)OC)[C@@H](OC(C)=O)[C@H](OC(C)=O)C3OC(C)=O)c3cc(Cl)c(Cl)cc3[n+]2CCCO[C@H]2OC(C(=O)OC)[C@H](OC(C)=O)C(OC(C)=O)[C@H]2OC(C)=O)N(CC)c2cc(Cl)c(Cl)cc21.[Cl-]. The summed E-state index contributed by atoms with van der Waals surface area (Å²) in [5, 5.41) is 1.23. The fourth-order valence-corrected chi connectivity index (χ4v) is 10.3. The molecule has 0 N–H and O–H groups in total. The number of fused-ring (bicyclic) bond motifs is 2. The highest BCUT2D eigenvalue weighted by Gasteiger charge is 2.57. The molecule has 82 heavy (non-hydrogen) atoms. The van der Waals surface area contributed by atoms with Crippen LogP contribution in [0.1, 0.15) is 74.1 Å². The molecule has 10 atom stereocenters. The van der Waals surface area contributed by atoms with E-state index in [4.69, 9.17) is 103 Å². The number of aryl methyl sites for hydroxylation is 2. The van der Waals surface area contributed by atoms with E-state index in [-0.39, 0.29) is 61.6 Å². The molecule has 0 saturated carbocycles. The van der Waals surface area contributed by atoms with E-state index < -0.39 is 109 Å². The number of ether oxygens (including phenoxy) is 12. The van der Waals surface area contributed by atoms with Crippen molar-refractivity contribution in [1.82, 2.24) is 4.57 Å². The first-order valence-electron chi connectivity index (χ1n) is 25.5. The Morgan fingerprint density at radius 1 is 0.561 bits per heavy atom. The van der Waals surface area contributed by atoms with E-state index in [1.807, 2.05) is 53.3 Å². The molecule has 0 bridgehead atoms. The van der Waals surface area contributed by atoms with Crippen molar-refractivity contribution in [3.63, 3.8) is 0 Å². The number of hydrogen-bond donors (Lipinski definition) is 0. The number of rotatable bonds is 22. The molecule has 2 aromatic carbocycles. The van der Waals surface area contributed by atoms with Gasteiger partial charge in [0.05, 0.1) is 72.0 Å². The molecule has 24 nitrogen and oxygen atoms in total. The summed E-state index contributed by atoms with van der Waals surface area (Å²) in [5.41, 5.74) is 2.92. The summed E-state index contributed by atoms with van der Waals surface area (Å²) in [4.78, 5) is 105. The maximum Gasteiger partial charge on any atom is 0.339 e. The molecule has 3 aliphatic rings. The minimum Gasteiger partial charge on any atom is -1.00 e. The van der Waals surface area contributed by atoms with E-state index in [0.717, 1.165) is 73.0 Å². The monoisotopic (exact) mass is 1250 g/mol. The van der Waals surface area contributed by atoms with E-state index >= 15 is 0 Å². The number of halogens is 5. The second-order valence-corrected chi connectivity index (χ2v) is 20.0. The number of hydrogen-bond acceptors (Lipinski definition) is 22. The molecule has 0 amide bonds. The molecule has 3 aromatic rings. The lowest BCUT2D eigenvalue weighted by Gasteiger charge is -2.43. The Balaban J connectivity index is 0.0000123. The van der Waals surface area contributed by atoms with Gasteiger partial charge in [-0.05, 0) is 32.1 Å². The fraction of sp³-hybridized carbons (Fsp3) is 0.528. The summed E-state index contributed by atoms with van der Waals surface area (Å²) in [6.45, 7) is 11.7.